The number of nitrogens with zero attached hydrogens (tertiary/aromatic N) is 3. The van der Waals surface area contributed by atoms with Crippen molar-refractivity contribution in [3.63, 3.8) is 0 Å². The first kappa shape index (κ1) is 15.6. The van der Waals surface area contributed by atoms with Crippen LogP contribution in [0.15, 0.2) is 36.4 Å². The first-order valence-corrected chi connectivity index (χ1v) is 7.48. The van der Waals surface area contributed by atoms with Gasteiger partial charge in [-0.15, -0.1) is 0 Å². The van der Waals surface area contributed by atoms with Gasteiger partial charge in [-0.05, 0) is 35.9 Å². The highest BCUT2D eigenvalue weighted by Crippen LogP contribution is 2.26. The third-order valence-electron chi connectivity index (χ3n) is 3.39. The molecule has 0 unspecified atom stereocenters. The fourth-order valence-corrected chi connectivity index (χ4v) is 2.58. The molecule has 0 saturated heterocycles. The lowest BCUT2D eigenvalue weighted by Gasteiger charge is -2.19. The summed E-state index contributed by atoms with van der Waals surface area (Å²) in [6.07, 6.45) is 0. The standard InChI is InChI=1S/C15H14Cl2N6/c16-11-3-1-8(5-12(11)17)7-23(20)9-2-4-13-10(6-9)14(18)22-15(19)21-13/h1-6H,7,20H2,(H4,18,19,21,22). The van der Waals surface area contributed by atoms with E-state index < -0.39 is 0 Å². The second kappa shape index (κ2) is 6.08. The summed E-state index contributed by atoms with van der Waals surface area (Å²) in [6.45, 7) is 0.456. The molecule has 0 bridgehead atoms. The second-order valence-electron chi connectivity index (χ2n) is 5.04. The first-order chi connectivity index (χ1) is 10.9. The number of rotatable bonds is 3. The Labute approximate surface area is 142 Å². The van der Waals surface area contributed by atoms with Crippen LogP contribution in [0.4, 0.5) is 17.5 Å². The van der Waals surface area contributed by atoms with Crippen molar-refractivity contribution in [2.75, 3.05) is 16.5 Å². The molecule has 0 amide bonds. The van der Waals surface area contributed by atoms with Gasteiger partial charge in [-0.25, -0.2) is 10.8 Å². The number of anilines is 3. The van der Waals surface area contributed by atoms with Crippen molar-refractivity contribution in [2.45, 2.75) is 6.54 Å². The number of nitrogens with two attached hydrogens (primary N) is 3. The van der Waals surface area contributed by atoms with Crippen LogP contribution in [-0.2, 0) is 6.54 Å². The third kappa shape index (κ3) is 3.24. The number of hydrogen-bond acceptors (Lipinski definition) is 6. The summed E-state index contributed by atoms with van der Waals surface area (Å²) in [7, 11) is 0. The van der Waals surface area contributed by atoms with Crippen molar-refractivity contribution in [2.24, 2.45) is 5.84 Å². The molecule has 0 fully saturated rings. The SMILES string of the molecule is Nc1nc(N)c2cc(N(N)Cc3ccc(Cl)c(Cl)c3)ccc2n1. The minimum absolute atomic E-state index is 0.142. The van der Waals surface area contributed by atoms with Crippen molar-refractivity contribution < 1.29 is 0 Å². The van der Waals surface area contributed by atoms with Gasteiger partial charge in [0.1, 0.15) is 5.82 Å². The average Bonchev–Trinajstić information content (AvgIpc) is 2.50. The molecule has 0 saturated carbocycles. The van der Waals surface area contributed by atoms with Crippen LogP contribution in [0.3, 0.4) is 0 Å². The van der Waals surface area contributed by atoms with Gasteiger partial charge in [0.15, 0.2) is 0 Å². The topological polar surface area (TPSA) is 107 Å². The molecule has 0 spiro atoms. The monoisotopic (exact) mass is 348 g/mol. The van der Waals surface area contributed by atoms with E-state index in [1.165, 1.54) is 0 Å². The Kier molecular flexibility index (Phi) is 4.12. The number of fused-ring (bicyclic) bond motifs is 1. The van der Waals surface area contributed by atoms with Gasteiger partial charge in [-0.3, -0.25) is 0 Å². The number of hydrogen-bond donors (Lipinski definition) is 3. The molecule has 0 aliphatic rings. The van der Waals surface area contributed by atoms with Crippen molar-refractivity contribution in [3.8, 4) is 0 Å². The molecule has 3 aromatic rings. The van der Waals surface area contributed by atoms with E-state index in [2.05, 4.69) is 9.97 Å². The third-order valence-corrected chi connectivity index (χ3v) is 4.13. The number of aromatic nitrogens is 2. The van der Waals surface area contributed by atoms with E-state index in [1.54, 1.807) is 23.2 Å². The Bertz CT molecular complexity index is 883. The minimum Gasteiger partial charge on any atom is -0.383 e. The Morgan fingerprint density at radius 2 is 1.74 bits per heavy atom. The molecule has 1 aromatic heterocycles. The van der Waals surface area contributed by atoms with Gasteiger partial charge < -0.3 is 16.5 Å². The summed E-state index contributed by atoms with van der Waals surface area (Å²) in [5.41, 5.74) is 13.9. The lowest BCUT2D eigenvalue weighted by molar-refractivity contribution is 0.854. The summed E-state index contributed by atoms with van der Waals surface area (Å²) in [5.74, 6) is 6.60. The van der Waals surface area contributed by atoms with Gasteiger partial charge >= 0.3 is 0 Å². The molecule has 3 rings (SSSR count). The van der Waals surface area contributed by atoms with Crippen molar-refractivity contribution >= 4 is 51.6 Å². The quantitative estimate of drug-likeness (QED) is 0.496. The molecule has 2 aromatic carbocycles. The molecule has 1 heterocycles. The number of nitrogen functional groups attached to an aromatic ring is 2. The van der Waals surface area contributed by atoms with Crippen LogP contribution in [0, 0.1) is 0 Å². The smallest absolute Gasteiger partial charge is 0.222 e. The zero-order valence-electron chi connectivity index (χ0n) is 12.0. The van der Waals surface area contributed by atoms with Gasteiger partial charge in [0.2, 0.25) is 5.95 Å². The Morgan fingerprint density at radius 3 is 2.48 bits per heavy atom. The molecule has 0 radical (unpaired) electrons. The fraction of sp³-hybridized carbons (Fsp3) is 0.0667. The molecular weight excluding hydrogens is 335 g/mol. The van der Waals surface area contributed by atoms with Crippen LogP contribution in [0.1, 0.15) is 5.56 Å². The predicted octanol–water partition coefficient (Wildman–Crippen LogP) is 2.98. The molecule has 8 heteroatoms. The summed E-state index contributed by atoms with van der Waals surface area (Å²) < 4.78 is 0. The van der Waals surface area contributed by atoms with Crippen LogP contribution in [0.5, 0.6) is 0 Å². The zero-order valence-corrected chi connectivity index (χ0v) is 13.5. The highest BCUT2D eigenvalue weighted by atomic mass is 35.5. The van der Waals surface area contributed by atoms with E-state index in [4.69, 9.17) is 40.5 Å². The highest BCUT2D eigenvalue weighted by molar-refractivity contribution is 6.42. The number of benzene rings is 2. The minimum atomic E-state index is 0.142. The van der Waals surface area contributed by atoms with E-state index in [-0.39, 0.29) is 5.95 Å². The summed E-state index contributed by atoms with van der Waals surface area (Å²) in [5, 5.41) is 3.27. The Balaban J connectivity index is 1.91. The largest absolute Gasteiger partial charge is 0.383 e. The van der Waals surface area contributed by atoms with Gasteiger partial charge in [0, 0.05) is 5.39 Å². The van der Waals surface area contributed by atoms with Crippen LogP contribution in [0.25, 0.3) is 10.9 Å². The summed E-state index contributed by atoms with van der Waals surface area (Å²) >= 11 is 11.9. The van der Waals surface area contributed by atoms with Gasteiger partial charge in [0.25, 0.3) is 0 Å². The Hall–Kier alpha value is -2.28. The van der Waals surface area contributed by atoms with E-state index >= 15 is 0 Å². The van der Waals surface area contributed by atoms with Crippen molar-refractivity contribution in [3.05, 3.63) is 52.0 Å². The van der Waals surface area contributed by atoms with Gasteiger partial charge in [-0.1, -0.05) is 29.3 Å². The lowest BCUT2D eigenvalue weighted by Crippen LogP contribution is -2.30. The average molecular weight is 349 g/mol. The van der Waals surface area contributed by atoms with Crippen molar-refractivity contribution in [1.29, 1.82) is 0 Å². The number of hydrazine groups is 1. The highest BCUT2D eigenvalue weighted by Gasteiger charge is 2.09. The van der Waals surface area contributed by atoms with Gasteiger partial charge in [0.05, 0.1) is 27.8 Å². The van der Waals surface area contributed by atoms with E-state index in [9.17, 15) is 0 Å². The number of halogens is 2. The van der Waals surface area contributed by atoms with Crippen LogP contribution < -0.4 is 22.3 Å². The van der Waals surface area contributed by atoms with E-state index in [0.717, 1.165) is 11.3 Å². The van der Waals surface area contributed by atoms with Gasteiger partial charge in [-0.2, -0.15) is 4.98 Å². The molecule has 23 heavy (non-hydrogen) atoms. The molecular formula is C15H14Cl2N6. The Morgan fingerprint density at radius 1 is 0.957 bits per heavy atom. The van der Waals surface area contributed by atoms with Crippen LogP contribution in [-0.4, -0.2) is 9.97 Å². The fourth-order valence-electron chi connectivity index (χ4n) is 2.26. The normalized spacial score (nSPS) is 10.9. The maximum Gasteiger partial charge on any atom is 0.222 e. The maximum absolute atomic E-state index is 6.14. The molecule has 6 nitrogen and oxygen atoms in total. The van der Waals surface area contributed by atoms with Crippen LogP contribution >= 0.6 is 23.2 Å². The molecule has 118 valence electrons. The maximum atomic E-state index is 6.14. The molecule has 0 aliphatic carbocycles. The molecule has 0 atom stereocenters. The predicted molar refractivity (Wildman–Crippen MR) is 95.2 cm³/mol. The molecule has 6 N–H and O–H groups in total. The molecule has 0 aliphatic heterocycles. The lowest BCUT2D eigenvalue weighted by atomic mass is 10.2. The first-order valence-electron chi connectivity index (χ1n) is 6.73. The van der Waals surface area contributed by atoms with E-state index in [1.807, 2.05) is 18.2 Å². The summed E-state index contributed by atoms with van der Waals surface area (Å²) in [6, 6.07) is 10.8. The second-order valence-corrected chi connectivity index (χ2v) is 5.86. The summed E-state index contributed by atoms with van der Waals surface area (Å²) in [4.78, 5) is 8.10. The zero-order chi connectivity index (χ0) is 16.6. The van der Waals surface area contributed by atoms with Crippen LogP contribution in [0.2, 0.25) is 10.0 Å². The van der Waals surface area contributed by atoms with Crippen molar-refractivity contribution in [1.82, 2.24) is 9.97 Å². The van der Waals surface area contributed by atoms with E-state index in [0.29, 0.717) is 33.3 Å².